The minimum atomic E-state index is -0.160. The van der Waals surface area contributed by atoms with Crippen molar-refractivity contribution in [1.82, 2.24) is 9.88 Å². The van der Waals surface area contributed by atoms with Gasteiger partial charge in [0.25, 0.3) is 5.91 Å². The molecule has 0 atom stereocenters. The molecule has 5 nitrogen and oxygen atoms in total. The molecule has 100 valence electrons. The molecule has 2 aromatic heterocycles. The van der Waals surface area contributed by atoms with Crippen molar-refractivity contribution in [3.05, 3.63) is 54.2 Å². The molecule has 0 spiro atoms. The van der Waals surface area contributed by atoms with Gasteiger partial charge >= 0.3 is 0 Å². The van der Waals surface area contributed by atoms with Crippen molar-refractivity contribution in [2.45, 2.75) is 6.54 Å². The number of nitrogens with zero attached hydrogens (tertiary/aromatic N) is 2. The van der Waals surface area contributed by atoms with Crippen LogP contribution in [0.4, 0.5) is 0 Å². The van der Waals surface area contributed by atoms with Crippen molar-refractivity contribution in [3.63, 3.8) is 0 Å². The summed E-state index contributed by atoms with van der Waals surface area (Å²) >= 11 is 0. The lowest BCUT2D eigenvalue weighted by molar-refractivity contribution is 0.0647. The van der Waals surface area contributed by atoms with E-state index in [0.29, 0.717) is 25.5 Å². The number of rotatable bonds is 6. The number of amides is 1. The average Bonchev–Trinajstić information content (AvgIpc) is 2.98. The minimum absolute atomic E-state index is 0.160. The van der Waals surface area contributed by atoms with Gasteiger partial charge in [0.2, 0.25) is 0 Å². The van der Waals surface area contributed by atoms with Gasteiger partial charge in [-0.1, -0.05) is 6.07 Å². The van der Waals surface area contributed by atoms with Gasteiger partial charge in [0, 0.05) is 19.9 Å². The monoisotopic (exact) mass is 260 g/mol. The van der Waals surface area contributed by atoms with E-state index in [4.69, 9.17) is 9.15 Å². The molecular weight excluding hydrogens is 244 g/mol. The summed E-state index contributed by atoms with van der Waals surface area (Å²) in [5.41, 5.74) is 0.832. The predicted molar refractivity (Wildman–Crippen MR) is 69.6 cm³/mol. The lowest BCUT2D eigenvalue weighted by Crippen LogP contribution is -2.33. The van der Waals surface area contributed by atoms with Crippen LogP contribution in [0.5, 0.6) is 0 Å². The van der Waals surface area contributed by atoms with Crippen LogP contribution in [0.1, 0.15) is 16.2 Å². The maximum absolute atomic E-state index is 12.3. The summed E-state index contributed by atoms with van der Waals surface area (Å²) in [6.45, 7) is 1.40. The van der Waals surface area contributed by atoms with E-state index in [9.17, 15) is 4.79 Å². The molecule has 0 saturated carbocycles. The highest BCUT2D eigenvalue weighted by atomic mass is 16.5. The van der Waals surface area contributed by atoms with Crippen molar-refractivity contribution in [2.75, 3.05) is 20.3 Å². The van der Waals surface area contributed by atoms with Crippen LogP contribution >= 0.6 is 0 Å². The zero-order valence-corrected chi connectivity index (χ0v) is 10.8. The smallest absolute Gasteiger partial charge is 0.289 e. The van der Waals surface area contributed by atoms with Crippen LogP contribution in [0.2, 0.25) is 0 Å². The van der Waals surface area contributed by atoms with Gasteiger partial charge in [0.05, 0.1) is 25.1 Å². The highest BCUT2D eigenvalue weighted by Crippen LogP contribution is 2.09. The second-order valence-electron chi connectivity index (χ2n) is 4.02. The number of hydrogen-bond acceptors (Lipinski definition) is 4. The van der Waals surface area contributed by atoms with E-state index in [1.807, 2.05) is 18.2 Å². The fourth-order valence-electron chi connectivity index (χ4n) is 1.70. The maximum Gasteiger partial charge on any atom is 0.289 e. The summed E-state index contributed by atoms with van der Waals surface area (Å²) in [5, 5.41) is 0. The van der Waals surface area contributed by atoms with Crippen molar-refractivity contribution in [2.24, 2.45) is 0 Å². The van der Waals surface area contributed by atoms with E-state index in [1.165, 1.54) is 6.26 Å². The van der Waals surface area contributed by atoms with Crippen LogP contribution in [0.25, 0.3) is 0 Å². The molecular formula is C14H16N2O3. The zero-order valence-electron chi connectivity index (χ0n) is 10.8. The van der Waals surface area contributed by atoms with Crippen molar-refractivity contribution >= 4 is 5.91 Å². The normalized spacial score (nSPS) is 10.4. The summed E-state index contributed by atoms with van der Waals surface area (Å²) in [7, 11) is 1.61. The number of hydrogen-bond donors (Lipinski definition) is 0. The Morgan fingerprint density at radius 1 is 1.37 bits per heavy atom. The predicted octanol–water partition coefficient (Wildman–Crippen LogP) is 1.96. The van der Waals surface area contributed by atoms with Gasteiger partial charge in [-0.25, -0.2) is 0 Å². The molecule has 0 bridgehead atoms. The van der Waals surface area contributed by atoms with Crippen LogP contribution in [0.3, 0.4) is 0 Å². The Morgan fingerprint density at radius 3 is 2.89 bits per heavy atom. The fourth-order valence-corrected chi connectivity index (χ4v) is 1.70. The molecule has 0 N–H and O–H groups in total. The van der Waals surface area contributed by atoms with E-state index >= 15 is 0 Å². The summed E-state index contributed by atoms with van der Waals surface area (Å²) in [5.74, 6) is 0.166. The summed E-state index contributed by atoms with van der Waals surface area (Å²) < 4.78 is 10.2. The molecule has 0 aromatic carbocycles. The first-order valence-corrected chi connectivity index (χ1v) is 6.03. The largest absolute Gasteiger partial charge is 0.459 e. The van der Waals surface area contributed by atoms with Gasteiger partial charge < -0.3 is 14.1 Å². The van der Waals surface area contributed by atoms with Crippen LogP contribution in [-0.2, 0) is 11.3 Å². The van der Waals surface area contributed by atoms with Crippen LogP contribution in [0, 0.1) is 0 Å². The summed E-state index contributed by atoms with van der Waals surface area (Å²) in [6, 6.07) is 8.98. The molecule has 0 aliphatic heterocycles. The summed E-state index contributed by atoms with van der Waals surface area (Å²) in [6.07, 6.45) is 3.20. The molecule has 0 aliphatic rings. The van der Waals surface area contributed by atoms with Crippen molar-refractivity contribution < 1.29 is 13.9 Å². The standard InChI is InChI=1S/C14H16N2O3/c1-18-10-8-16(11-12-5-2-3-7-15-12)14(17)13-6-4-9-19-13/h2-7,9H,8,10-11H2,1H3. The van der Waals surface area contributed by atoms with E-state index in [-0.39, 0.29) is 5.91 Å². The van der Waals surface area contributed by atoms with Gasteiger partial charge in [-0.3, -0.25) is 9.78 Å². The number of pyridine rings is 1. The fraction of sp³-hybridized carbons (Fsp3) is 0.286. The highest BCUT2D eigenvalue weighted by molar-refractivity contribution is 5.91. The Hall–Kier alpha value is -2.14. The van der Waals surface area contributed by atoms with E-state index < -0.39 is 0 Å². The van der Waals surface area contributed by atoms with Crippen molar-refractivity contribution in [3.8, 4) is 0 Å². The Bertz CT molecular complexity index is 497. The number of ether oxygens (including phenoxy) is 1. The quantitative estimate of drug-likeness (QED) is 0.796. The first kappa shape index (κ1) is 13.3. The highest BCUT2D eigenvalue weighted by Gasteiger charge is 2.18. The molecule has 0 unspecified atom stereocenters. The van der Waals surface area contributed by atoms with Gasteiger partial charge in [-0.05, 0) is 24.3 Å². The van der Waals surface area contributed by atoms with Gasteiger partial charge in [-0.2, -0.15) is 0 Å². The second-order valence-corrected chi connectivity index (χ2v) is 4.02. The van der Waals surface area contributed by atoms with Crippen LogP contribution in [0.15, 0.2) is 47.2 Å². The van der Waals surface area contributed by atoms with Gasteiger partial charge in [0.15, 0.2) is 5.76 Å². The van der Waals surface area contributed by atoms with Crippen LogP contribution in [-0.4, -0.2) is 36.1 Å². The van der Waals surface area contributed by atoms with Crippen molar-refractivity contribution in [1.29, 1.82) is 0 Å². The number of aromatic nitrogens is 1. The molecule has 2 heterocycles. The molecule has 1 amide bonds. The Kier molecular flexibility index (Phi) is 4.69. The first-order valence-electron chi connectivity index (χ1n) is 6.03. The topological polar surface area (TPSA) is 55.6 Å². The lowest BCUT2D eigenvalue weighted by Gasteiger charge is -2.20. The third-order valence-corrected chi connectivity index (χ3v) is 2.66. The second kappa shape index (κ2) is 6.70. The molecule has 2 rings (SSSR count). The Labute approximate surface area is 111 Å². The van der Waals surface area contributed by atoms with Gasteiger partial charge in [0.1, 0.15) is 0 Å². The summed E-state index contributed by atoms with van der Waals surface area (Å²) in [4.78, 5) is 18.1. The van der Waals surface area contributed by atoms with Gasteiger partial charge in [-0.15, -0.1) is 0 Å². The van der Waals surface area contributed by atoms with E-state index in [0.717, 1.165) is 5.69 Å². The number of furan rings is 1. The van der Waals surface area contributed by atoms with Crippen LogP contribution < -0.4 is 0 Å². The molecule has 0 aliphatic carbocycles. The number of carbonyl (C=O) groups is 1. The molecule has 2 aromatic rings. The average molecular weight is 260 g/mol. The molecule has 0 radical (unpaired) electrons. The molecule has 19 heavy (non-hydrogen) atoms. The third kappa shape index (κ3) is 3.66. The third-order valence-electron chi connectivity index (χ3n) is 2.66. The molecule has 0 fully saturated rings. The Balaban J connectivity index is 2.09. The first-order chi connectivity index (χ1) is 9.31. The Morgan fingerprint density at radius 2 is 2.26 bits per heavy atom. The molecule has 0 saturated heterocycles. The molecule has 5 heteroatoms. The number of carbonyl (C=O) groups excluding carboxylic acids is 1. The van der Waals surface area contributed by atoms with E-state index in [2.05, 4.69) is 4.98 Å². The maximum atomic E-state index is 12.3. The lowest BCUT2D eigenvalue weighted by atomic mass is 10.3. The SMILES string of the molecule is COCCN(Cc1ccccn1)C(=O)c1ccco1. The van der Waals surface area contributed by atoms with E-state index in [1.54, 1.807) is 30.3 Å². The minimum Gasteiger partial charge on any atom is -0.459 e. The zero-order chi connectivity index (χ0) is 13.5. The number of methoxy groups -OCH3 is 1.